The monoisotopic (exact) mass is 313 g/mol. The fraction of sp³-hybridized carbons (Fsp3) is 0.250. The third-order valence-corrected chi connectivity index (χ3v) is 3.54. The van der Waals surface area contributed by atoms with Gasteiger partial charge in [-0.05, 0) is 17.7 Å². The number of fused-ring (bicyclic) bond motifs is 1. The summed E-state index contributed by atoms with van der Waals surface area (Å²) in [6.45, 7) is 1.00. The number of anilines is 1. The fourth-order valence-corrected chi connectivity index (χ4v) is 2.44. The molecule has 1 aromatic carbocycles. The number of aromatic nitrogens is 3. The maximum absolute atomic E-state index is 11.6. The summed E-state index contributed by atoms with van der Waals surface area (Å²) in [5, 5.41) is 19.9. The number of nitrogens with zero attached hydrogens (tertiary/aromatic N) is 2. The first-order valence-corrected chi connectivity index (χ1v) is 7.45. The number of benzene rings is 1. The number of aromatic amines is 1. The number of rotatable bonds is 7. The molecule has 1 amide bonds. The highest BCUT2D eigenvalue weighted by molar-refractivity contribution is 5.83. The first-order valence-electron chi connectivity index (χ1n) is 7.45. The van der Waals surface area contributed by atoms with Gasteiger partial charge in [0, 0.05) is 36.4 Å². The van der Waals surface area contributed by atoms with Gasteiger partial charge < -0.3 is 20.7 Å². The van der Waals surface area contributed by atoms with Crippen LogP contribution in [0.1, 0.15) is 5.56 Å². The smallest absolute Gasteiger partial charge is 0.241 e. The van der Waals surface area contributed by atoms with E-state index in [1.165, 1.54) is 10.9 Å². The number of nitrogens with one attached hydrogen (secondary N) is 3. The molecule has 0 bridgehead atoms. The van der Waals surface area contributed by atoms with Crippen molar-refractivity contribution in [2.24, 2.45) is 0 Å². The molecule has 0 fully saturated rings. The molecule has 7 nitrogen and oxygen atoms in total. The van der Waals surface area contributed by atoms with E-state index in [0.29, 0.717) is 6.54 Å². The van der Waals surface area contributed by atoms with Gasteiger partial charge in [-0.25, -0.2) is 0 Å². The van der Waals surface area contributed by atoms with E-state index in [1.54, 1.807) is 17.1 Å². The first-order chi connectivity index (χ1) is 11.3. The van der Waals surface area contributed by atoms with Crippen LogP contribution in [0.25, 0.3) is 10.9 Å². The van der Waals surface area contributed by atoms with E-state index >= 15 is 0 Å². The van der Waals surface area contributed by atoms with E-state index in [0.717, 1.165) is 11.2 Å². The van der Waals surface area contributed by atoms with Crippen LogP contribution in [0.5, 0.6) is 0 Å². The van der Waals surface area contributed by atoms with Crippen molar-refractivity contribution >= 4 is 22.5 Å². The van der Waals surface area contributed by atoms with Crippen molar-refractivity contribution in [3.8, 4) is 0 Å². The number of carbonyl (C=O) groups is 1. The van der Waals surface area contributed by atoms with Gasteiger partial charge in [0.25, 0.3) is 0 Å². The van der Waals surface area contributed by atoms with Gasteiger partial charge in [0.05, 0.1) is 18.5 Å². The molecule has 3 aromatic rings. The van der Waals surface area contributed by atoms with Crippen LogP contribution in [-0.2, 0) is 17.9 Å². The average Bonchev–Trinajstić information content (AvgIpc) is 3.20. The lowest BCUT2D eigenvalue weighted by Crippen LogP contribution is -2.30. The summed E-state index contributed by atoms with van der Waals surface area (Å²) in [6.07, 6.45) is 5.41. The van der Waals surface area contributed by atoms with Crippen molar-refractivity contribution in [2.45, 2.75) is 13.1 Å². The van der Waals surface area contributed by atoms with Crippen LogP contribution >= 0.6 is 0 Å². The van der Waals surface area contributed by atoms with Crippen LogP contribution in [0, 0.1) is 0 Å². The number of H-pyrrole nitrogens is 1. The molecule has 3 rings (SSSR count). The van der Waals surface area contributed by atoms with Crippen LogP contribution in [0.15, 0.2) is 42.9 Å². The maximum Gasteiger partial charge on any atom is 0.241 e. The second-order valence-electron chi connectivity index (χ2n) is 5.21. The van der Waals surface area contributed by atoms with Gasteiger partial charge in [-0.1, -0.05) is 12.1 Å². The van der Waals surface area contributed by atoms with Crippen molar-refractivity contribution in [3.05, 3.63) is 48.4 Å². The Morgan fingerprint density at radius 1 is 1.35 bits per heavy atom. The van der Waals surface area contributed by atoms with Crippen LogP contribution in [0.2, 0.25) is 0 Å². The van der Waals surface area contributed by atoms with E-state index in [9.17, 15) is 4.79 Å². The Hall–Kier alpha value is -2.80. The van der Waals surface area contributed by atoms with Crippen molar-refractivity contribution in [2.75, 3.05) is 18.5 Å². The molecule has 4 N–H and O–H groups in total. The van der Waals surface area contributed by atoms with E-state index in [2.05, 4.69) is 32.8 Å². The zero-order valence-corrected chi connectivity index (χ0v) is 12.6. The number of hydrogen-bond acceptors (Lipinski definition) is 4. The molecule has 7 heteroatoms. The summed E-state index contributed by atoms with van der Waals surface area (Å²) in [6, 6.07) is 8.20. The standard InChI is InChI=1S/C16H19N5O2/c22-7-6-18-16(23)11-21-10-13(9-20-21)19-8-12-2-1-3-15-14(12)4-5-17-15/h1-5,9-10,17,19,22H,6-8,11H2,(H,18,23). The summed E-state index contributed by atoms with van der Waals surface area (Å²) in [7, 11) is 0. The number of aliphatic hydroxyl groups is 1. The van der Waals surface area contributed by atoms with Crippen molar-refractivity contribution in [1.82, 2.24) is 20.1 Å². The Bertz CT molecular complexity index is 792. The largest absolute Gasteiger partial charge is 0.395 e. The molecule has 0 aliphatic rings. The molecule has 0 saturated heterocycles. The van der Waals surface area contributed by atoms with Crippen molar-refractivity contribution in [3.63, 3.8) is 0 Å². The number of carbonyl (C=O) groups excluding carboxylic acids is 1. The molecule has 120 valence electrons. The third kappa shape index (κ3) is 3.70. The van der Waals surface area contributed by atoms with Gasteiger partial charge in [0.15, 0.2) is 0 Å². The van der Waals surface area contributed by atoms with Gasteiger partial charge in [0.2, 0.25) is 5.91 Å². The third-order valence-electron chi connectivity index (χ3n) is 3.54. The lowest BCUT2D eigenvalue weighted by atomic mass is 10.1. The molecule has 2 heterocycles. The maximum atomic E-state index is 11.6. The van der Waals surface area contributed by atoms with Crippen LogP contribution in [-0.4, -0.2) is 38.9 Å². The van der Waals surface area contributed by atoms with Crippen LogP contribution in [0.3, 0.4) is 0 Å². The Morgan fingerprint density at radius 2 is 2.26 bits per heavy atom. The zero-order valence-electron chi connectivity index (χ0n) is 12.6. The quantitative estimate of drug-likeness (QED) is 0.525. The van der Waals surface area contributed by atoms with Crippen LogP contribution in [0.4, 0.5) is 5.69 Å². The Labute approximate surface area is 133 Å². The van der Waals surface area contributed by atoms with E-state index in [4.69, 9.17) is 5.11 Å². The minimum Gasteiger partial charge on any atom is -0.395 e. The lowest BCUT2D eigenvalue weighted by Gasteiger charge is -2.05. The molecule has 0 saturated carbocycles. The predicted octanol–water partition coefficient (Wildman–Crippen LogP) is 1.08. The highest BCUT2D eigenvalue weighted by Crippen LogP contribution is 2.18. The average molecular weight is 313 g/mol. The number of amides is 1. The molecule has 2 aromatic heterocycles. The molecule has 0 atom stereocenters. The fourth-order valence-electron chi connectivity index (χ4n) is 2.44. The molecule has 0 aliphatic carbocycles. The Kier molecular flexibility index (Phi) is 4.58. The minimum atomic E-state index is -0.175. The molecule has 23 heavy (non-hydrogen) atoms. The van der Waals surface area contributed by atoms with Gasteiger partial charge in [-0.2, -0.15) is 5.10 Å². The second-order valence-corrected chi connectivity index (χ2v) is 5.21. The highest BCUT2D eigenvalue weighted by Gasteiger charge is 2.05. The van der Waals surface area contributed by atoms with E-state index in [1.807, 2.05) is 18.3 Å². The molecule has 0 spiro atoms. The minimum absolute atomic E-state index is 0.0671. The normalized spacial score (nSPS) is 10.8. The zero-order chi connectivity index (χ0) is 16.1. The Balaban J connectivity index is 1.59. The summed E-state index contributed by atoms with van der Waals surface area (Å²) < 4.78 is 1.56. The second kappa shape index (κ2) is 6.97. The molecular formula is C16H19N5O2. The topological polar surface area (TPSA) is 95.0 Å². The van der Waals surface area contributed by atoms with Gasteiger partial charge >= 0.3 is 0 Å². The predicted molar refractivity (Wildman–Crippen MR) is 87.9 cm³/mol. The van der Waals surface area contributed by atoms with E-state index < -0.39 is 0 Å². The Morgan fingerprint density at radius 3 is 3.13 bits per heavy atom. The molecule has 0 aliphatic heterocycles. The molecular weight excluding hydrogens is 294 g/mol. The van der Waals surface area contributed by atoms with Crippen LogP contribution < -0.4 is 10.6 Å². The lowest BCUT2D eigenvalue weighted by molar-refractivity contribution is -0.122. The van der Waals surface area contributed by atoms with Gasteiger partial charge in [0.1, 0.15) is 6.54 Å². The first kappa shape index (κ1) is 15.1. The van der Waals surface area contributed by atoms with Crippen molar-refractivity contribution in [1.29, 1.82) is 0 Å². The van der Waals surface area contributed by atoms with E-state index in [-0.39, 0.29) is 25.6 Å². The summed E-state index contributed by atoms with van der Waals surface area (Å²) in [4.78, 5) is 14.8. The molecule has 0 unspecified atom stereocenters. The summed E-state index contributed by atoms with van der Waals surface area (Å²) in [5.74, 6) is -0.175. The van der Waals surface area contributed by atoms with Gasteiger partial charge in [-0.15, -0.1) is 0 Å². The number of hydrogen-bond donors (Lipinski definition) is 4. The SMILES string of the molecule is O=C(Cn1cc(NCc2cccc3[nH]ccc23)cn1)NCCO. The summed E-state index contributed by atoms with van der Waals surface area (Å²) in [5.41, 5.74) is 3.16. The highest BCUT2D eigenvalue weighted by atomic mass is 16.3. The summed E-state index contributed by atoms with van der Waals surface area (Å²) >= 11 is 0. The molecule has 0 radical (unpaired) electrons. The van der Waals surface area contributed by atoms with Gasteiger partial charge in [-0.3, -0.25) is 9.48 Å². The number of aliphatic hydroxyl groups excluding tert-OH is 1. The van der Waals surface area contributed by atoms with Crippen molar-refractivity contribution < 1.29 is 9.90 Å².